The molecule has 3 N–H and O–H groups in total. The predicted octanol–water partition coefficient (Wildman–Crippen LogP) is 3.00. The smallest absolute Gasteiger partial charge is 0.251 e. The van der Waals surface area contributed by atoms with E-state index in [-0.39, 0.29) is 11.9 Å². The minimum Gasteiger partial charge on any atom is -0.348 e. The number of nitrogens with two attached hydrogens (primary N) is 1. The lowest BCUT2D eigenvalue weighted by Gasteiger charge is -2.23. The predicted molar refractivity (Wildman–Crippen MR) is 81.1 cm³/mol. The molecule has 4 heteroatoms. The summed E-state index contributed by atoms with van der Waals surface area (Å²) in [5, 5.41) is 3.11. The average molecular weight is 325 g/mol. The first kappa shape index (κ1) is 14.5. The summed E-state index contributed by atoms with van der Waals surface area (Å²) < 4.78 is 0.993. The standard InChI is InChI=1S/C15H21BrN2O/c1-10-8-12(16)6-7-13(10)15(19)18-14(9-17)11-4-2-3-5-11/h6-8,11,14H,2-5,9,17H2,1H3,(H,18,19). The first-order valence-corrected chi connectivity index (χ1v) is 7.68. The van der Waals surface area contributed by atoms with E-state index in [1.807, 2.05) is 25.1 Å². The van der Waals surface area contributed by atoms with Crippen molar-refractivity contribution in [3.63, 3.8) is 0 Å². The zero-order valence-electron chi connectivity index (χ0n) is 11.3. The first-order valence-electron chi connectivity index (χ1n) is 6.89. The van der Waals surface area contributed by atoms with Gasteiger partial charge in [-0.25, -0.2) is 0 Å². The van der Waals surface area contributed by atoms with Crippen LogP contribution in [0.3, 0.4) is 0 Å². The van der Waals surface area contributed by atoms with Gasteiger partial charge < -0.3 is 11.1 Å². The molecule has 1 aromatic rings. The summed E-state index contributed by atoms with van der Waals surface area (Å²) in [6, 6.07) is 5.83. The fourth-order valence-electron chi connectivity index (χ4n) is 2.86. The first-order chi connectivity index (χ1) is 9.11. The van der Waals surface area contributed by atoms with Gasteiger partial charge in [0.15, 0.2) is 0 Å². The van der Waals surface area contributed by atoms with E-state index in [4.69, 9.17) is 5.73 Å². The molecular formula is C15H21BrN2O. The van der Waals surface area contributed by atoms with Crippen molar-refractivity contribution in [1.82, 2.24) is 5.32 Å². The molecule has 1 aliphatic rings. The summed E-state index contributed by atoms with van der Waals surface area (Å²) in [5.74, 6) is 0.539. The van der Waals surface area contributed by atoms with Crippen LogP contribution in [0.2, 0.25) is 0 Å². The molecule has 104 valence electrons. The molecule has 3 nitrogen and oxygen atoms in total. The van der Waals surface area contributed by atoms with Crippen molar-refractivity contribution in [2.45, 2.75) is 38.6 Å². The molecule has 1 unspecified atom stereocenters. The highest BCUT2D eigenvalue weighted by Crippen LogP contribution is 2.27. The van der Waals surface area contributed by atoms with Gasteiger partial charge in [-0.05, 0) is 49.4 Å². The van der Waals surface area contributed by atoms with Crippen LogP contribution in [0.15, 0.2) is 22.7 Å². The summed E-state index contributed by atoms with van der Waals surface area (Å²) in [7, 11) is 0. The van der Waals surface area contributed by atoms with Gasteiger partial charge in [-0.15, -0.1) is 0 Å². The number of hydrogen-bond donors (Lipinski definition) is 2. The van der Waals surface area contributed by atoms with Crippen LogP contribution in [-0.4, -0.2) is 18.5 Å². The van der Waals surface area contributed by atoms with Crippen molar-refractivity contribution >= 4 is 21.8 Å². The molecule has 0 bridgehead atoms. The summed E-state index contributed by atoms with van der Waals surface area (Å²) >= 11 is 3.41. The van der Waals surface area contributed by atoms with Gasteiger partial charge in [-0.2, -0.15) is 0 Å². The molecule has 19 heavy (non-hydrogen) atoms. The van der Waals surface area contributed by atoms with Gasteiger partial charge in [0, 0.05) is 22.6 Å². The molecule has 1 atom stereocenters. The number of amides is 1. The molecular weight excluding hydrogens is 304 g/mol. The Morgan fingerprint density at radius 3 is 2.74 bits per heavy atom. The highest BCUT2D eigenvalue weighted by atomic mass is 79.9. The SMILES string of the molecule is Cc1cc(Br)ccc1C(=O)NC(CN)C1CCCC1. The lowest BCUT2D eigenvalue weighted by molar-refractivity contribution is 0.0923. The number of carbonyl (C=O) groups excluding carboxylic acids is 1. The van der Waals surface area contributed by atoms with Crippen LogP contribution in [0.1, 0.15) is 41.6 Å². The van der Waals surface area contributed by atoms with E-state index >= 15 is 0 Å². The second-order valence-corrected chi connectivity index (χ2v) is 6.24. The molecule has 1 fully saturated rings. The number of hydrogen-bond acceptors (Lipinski definition) is 2. The number of nitrogens with one attached hydrogen (secondary N) is 1. The van der Waals surface area contributed by atoms with E-state index in [2.05, 4.69) is 21.2 Å². The molecule has 0 aliphatic heterocycles. The lowest BCUT2D eigenvalue weighted by Crippen LogP contribution is -2.44. The molecule has 2 rings (SSSR count). The monoisotopic (exact) mass is 324 g/mol. The fourth-order valence-corrected chi connectivity index (χ4v) is 3.33. The molecule has 0 aromatic heterocycles. The average Bonchev–Trinajstić information content (AvgIpc) is 2.89. The van der Waals surface area contributed by atoms with Gasteiger partial charge in [-0.1, -0.05) is 28.8 Å². The van der Waals surface area contributed by atoms with Crippen LogP contribution in [0.4, 0.5) is 0 Å². The van der Waals surface area contributed by atoms with E-state index in [1.54, 1.807) is 0 Å². The summed E-state index contributed by atoms with van der Waals surface area (Å²) in [5.41, 5.74) is 7.54. The number of rotatable bonds is 4. The van der Waals surface area contributed by atoms with Crippen molar-refractivity contribution < 1.29 is 4.79 Å². The Hall–Kier alpha value is -0.870. The van der Waals surface area contributed by atoms with Crippen molar-refractivity contribution in [1.29, 1.82) is 0 Å². The Labute approximate surface area is 123 Å². The minimum atomic E-state index is -0.00708. The van der Waals surface area contributed by atoms with Crippen molar-refractivity contribution in [3.8, 4) is 0 Å². The van der Waals surface area contributed by atoms with Gasteiger partial charge >= 0.3 is 0 Å². The minimum absolute atomic E-state index is 0.00708. The molecule has 1 saturated carbocycles. The van der Waals surface area contributed by atoms with Gasteiger partial charge in [-0.3, -0.25) is 4.79 Å². The molecule has 1 amide bonds. The van der Waals surface area contributed by atoms with Gasteiger partial charge in [0.05, 0.1) is 0 Å². The Kier molecular flexibility index (Phi) is 4.99. The van der Waals surface area contributed by atoms with Gasteiger partial charge in [0.25, 0.3) is 5.91 Å². The third kappa shape index (κ3) is 3.57. The Morgan fingerprint density at radius 1 is 1.47 bits per heavy atom. The number of benzene rings is 1. The van der Waals surface area contributed by atoms with Crippen LogP contribution in [0, 0.1) is 12.8 Å². The number of halogens is 1. The van der Waals surface area contributed by atoms with E-state index < -0.39 is 0 Å². The van der Waals surface area contributed by atoms with Crippen molar-refractivity contribution in [2.24, 2.45) is 11.7 Å². The van der Waals surface area contributed by atoms with Crippen molar-refractivity contribution in [3.05, 3.63) is 33.8 Å². The lowest BCUT2D eigenvalue weighted by atomic mass is 9.97. The zero-order valence-corrected chi connectivity index (χ0v) is 12.9. The largest absolute Gasteiger partial charge is 0.348 e. The molecule has 0 radical (unpaired) electrons. The van der Waals surface area contributed by atoms with Crippen LogP contribution < -0.4 is 11.1 Å². The van der Waals surface area contributed by atoms with Crippen LogP contribution in [0.5, 0.6) is 0 Å². The summed E-state index contributed by atoms with van der Waals surface area (Å²) in [6.45, 7) is 2.47. The topological polar surface area (TPSA) is 55.1 Å². The normalized spacial score (nSPS) is 17.4. The maximum atomic E-state index is 12.3. The number of aryl methyl sites for hydroxylation is 1. The second kappa shape index (κ2) is 6.53. The third-order valence-corrected chi connectivity index (χ3v) is 4.47. The molecule has 0 spiro atoms. The van der Waals surface area contributed by atoms with E-state index in [0.29, 0.717) is 12.5 Å². The summed E-state index contributed by atoms with van der Waals surface area (Å²) in [6.07, 6.45) is 4.88. The molecule has 1 aromatic carbocycles. The van der Waals surface area contributed by atoms with E-state index in [9.17, 15) is 4.79 Å². The molecule has 0 saturated heterocycles. The van der Waals surface area contributed by atoms with E-state index in [0.717, 1.165) is 15.6 Å². The van der Waals surface area contributed by atoms with E-state index in [1.165, 1.54) is 25.7 Å². The Balaban J connectivity index is 2.06. The number of carbonyl (C=O) groups is 1. The maximum Gasteiger partial charge on any atom is 0.251 e. The fraction of sp³-hybridized carbons (Fsp3) is 0.533. The maximum absolute atomic E-state index is 12.3. The summed E-state index contributed by atoms with van der Waals surface area (Å²) in [4.78, 5) is 12.3. The zero-order chi connectivity index (χ0) is 13.8. The second-order valence-electron chi connectivity index (χ2n) is 5.32. The van der Waals surface area contributed by atoms with Crippen LogP contribution >= 0.6 is 15.9 Å². The Morgan fingerprint density at radius 2 is 2.16 bits per heavy atom. The highest BCUT2D eigenvalue weighted by Gasteiger charge is 2.25. The van der Waals surface area contributed by atoms with Crippen LogP contribution in [-0.2, 0) is 0 Å². The van der Waals surface area contributed by atoms with Gasteiger partial charge in [0.2, 0.25) is 0 Å². The Bertz CT molecular complexity index is 455. The molecule has 1 aliphatic carbocycles. The highest BCUT2D eigenvalue weighted by molar-refractivity contribution is 9.10. The molecule has 0 heterocycles. The quantitative estimate of drug-likeness (QED) is 0.894. The third-order valence-electron chi connectivity index (χ3n) is 3.97. The van der Waals surface area contributed by atoms with Crippen LogP contribution in [0.25, 0.3) is 0 Å². The van der Waals surface area contributed by atoms with Crippen molar-refractivity contribution in [2.75, 3.05) is 6.54 Å². The van der Waals surface area contributed by atoms with Gasteiger partial charge in [0.1, 0.15) is 0 Å².